The summed E-state index contributed by atoms with van der Waals surface area (Å²) in [5.74, 6) is -1.25. The van der Waals surface area contributed by atoms with Gasteiger partial charge >= 0.3 is 0 Å². The van der Waals surface area contributed by atoms with Crippen LogP contribution in [0.3, 0.4) is 0 Å². The van der Waals surface area contributed by atoms with Gasteiger partial charge in [-0.2, -0.15) is 0 Å². The smallest absolute Gasteiger partial charge is 0.187 e. The molecule has 0 unspecified atom stereocenters. The number of hydrogen-bond acceptors (Lipinski definition) is 1. The van der Waals surface area contributed by atoms with Crippen LogP contribution >= 0.6 is 0 Å². The summed E-state index contributed by atoms with van der Waals surface area (Å²) >= 11 is 0. The fourth-order valence-electron chi connectivity index (χ4n) is 3.05. The second kappa shape index (κ2) is 6.08. The molecule has 0 aliphatic heterocycles. The van der Waals surface area contributed by atoms with Gasteiger partial charge in [-0.15, -0.1) is 0 Å². The predicted octanol–water partition coefficient (Wildman–Crippen LogP) is 6.03. The quantitative estimate of drug-likeness (QED) is 0.442. The molecule has 0 atom stereocenters. The maximum Gasteiger partial charge on any atom is 0.187 e. The third-order valence-electron chi connectivity index (χ3n) is 4.32. The standard InChI is InChI=1S/C21H13F2N3/c1-12-10-13(24-2)6-7-14(12)17-8-9-18-19(25-17)11-20(26-18)21-15(22)4-3-5-16(21)23/h3-11,26H,1H3. The van der Waals surface area contributed by atoms with Gasteiger partial charge in [0.1, 0.15) is 11.6 Å². The Hall–Kier alpha value is -3.52. The summed E-state index contributed by atoms with van der Waals surface area (Å²) < 4.78 is 28.1. The SMILES string of the molecule is [C-]#[N+]c1ccc(-c2ccc3[nH]c(-c4c(F)cccc4F)cc3n2)c(C)c1. The number of rotatable bonds is 2. The molecule has 4 rings (SSSR count). The molecular formula is C21H13F2N3. The molecule has 126 valence electrons. The Labute approximate surface area is 148 Å². The van der Waals surface area contributed by atoms with Crippen molar-refractivity contribution in [3.8, 4) is 22.5 Å². The molecule has 2 aromatic heterocycles. The number of aromatic amines is 1. The maximum absolute atomic E-state index is 14.0. The van der Waals surface area contributed by atoms with Crippen LogP contribution in [0, 0.1) is 25.1 Å². The van der Waals surface area contributed by atoms with Crippen molar-refractivity contribution in [3.63, 3.8) is 0 Å². The highest BCUT2D eigenvalue weighted by Crippen LogP contribution is 2.31. The molecule has 3 nitrogen and oxygen atoms in total. The highest BCUT2D eigenvalue weighted by Gasteiger charge is 2.14. The zero-order valence-electron chi connectivity index (χ0n) is 13.8. The van der Waals surface area contributed by atoms with Gasteiger partial charge in [0.2, 0.25) is 0 Å². The molecule has 0 saturated carbocycles. The Morgan fingerprint density at radius 1 is 1.00 bits per heavy atom. The van der Waals surface area contributed by atoms with Gasteiger partial charge in [-0.1, -0.05) is 29.8 Å². The van der Waals surface area contributed by atoms with E-state index in [1.54, 1.807) is 12.1 Å². The molecule has 0 fully saturated rings. The number of fused-ring (bicyclic) bond motifs is 1. The van der Waals surface area contributed by atoms with Crippen LogP contribution in [0.4, 0.5) is 14.5 Å². The minimum atomic E-state index is -0.623. The van der Waals surface area contributed by atoms with E-state index in [1.807, 2.05) is 31.2 Å². The molecular weight excluding hydrogens is 332 g/mol. The molecule has 0 radical (unpaired) electrons. The lowest BCUT2D eigenvalue weighted by Crippen LogP contribution is -1.89. The summed E-state index contributed by atoms with van der Waals surface area (Å²) in [5.41, 5.74) is 4.75. The van der Waals surface area contributed by atoms with Gasteiger partial charge in [-0.05, 0) is 37.3 Å². The van der Waals surface area contributed by atoms with Gasteiger partial charge in [-0.25, -0.2) is 18.6 Å². The van der Waals surface area contributed by atoms with E-state index in [0.717, 1.165) is 16.8 Å². The molecule has 0 saturated heterocycles. The fraction of sp³-hybridized carbons (Fsp3) is 0.0476. The van der Waals surface area contributed by atoms with E-state index in [-0.39, 0.29) is 5.56 Å². The van der Waals surface area contributed by atoms with E-state index in [4.69, 9.17) is 6.57 Å². The Kier molecular flexibility index (Phi) is 3.74. The highest BCUT2D eigenvalue weighted by atomic mass is 19.1. The number of nitrogens with zero attached hydrogens (tertiary/aromatic N) is 2. The fourth-order valence-corrected chi connectivity index (χ4v) is 3.05. The molecule has 0 aliphatic carbocycles. The molecule has 1 N–H and O–H groups in total. The van der Waals surface area contributed by atoms with Crippen molar-refractivity contribution >= 4 is 16.7 Å². The lowest BCUT2D eigenvalue weighted by molar-refractivity contribution is 0.589. The van der Waals surface area contributed by atoms with E-state index < -0.39 is 11.6 Å². The summed E-state index contributed by atoms with van der Waals surface area (Å²) in [4.78, 5) is 11.1. The van der Waals surface area contributed by atoms with Gasteiger partial charge in [-0.3, -0.25) is 0 Å². The monoisotopic (exact) mass is 345 g/mol. The molecule has 0 spiro atoms. The first-order valence-corrected chi connectivity index (χ1v) is 7.99. The van der Waals surface area contributed by atoms with Crippen LogP contribution in [-0.4, -0.2) is 9.97 Å². The van der Waals surface area contributed by atoms with Crippen LogP contribution < -0.4 is 0 Å². The van der Waals surface area contributed by atoms with E-state index in [1.165, 1.54) is 18.2 Å². The maximum atomic E-state index is 14.0. The summed E-state index contributed by atoms with van der Waals surface area (Å²) in [6.45, 7) is 9.01. The normalized spacial score (nSPS) is 10.8. The average molecular weight is 345 g/mol. The number of nitrogens with one attached hydrogen (secondary N) is 1. The zero-order chi connectivity index (χ0) is 18.3. The third-order valence-corrected chi connectivity index (χ3v) is 4.32. The molecule has 2 heterocycles. The number of pyridine rings is 1. The first-order chi connectivity index (χ1) is 12.6. The van der Waals surface area contributed by atoms with E-state index in [9.17, 15) is 8.78 Å². The number of aromatic nitrogens is 2. The van der Waals surface area contributed by atoms with E-state index >= 15 is 0 Å². The first-order valence-electron chi connectivity index (χ1n) is 7.99. The summed E-state index contributed by atoms with van der Waals surface area (Å²) in [6, 6.07) is 14.5. The van der Waals surface area contributed by atoms with Crippen molar-refractivity contribution in [2.45, 2.75) is 6.92 Å². The van der Waals surface area contributed by atoms with Crippen LogP contribution in [0.15, 0.2) is 54.6 Å². The number of halogens is 2. The molecule has 0 bridgehead atoms. The second-order valence-corrected chi connectivity index (χ2v) is 6.02. The summed E-state index contributed by atoms with van der Waals surface area (Å²) in [6.07, 6.45) is 0. The molecule has 0 amide bonds. The highest BCUT2D eigenvalue weighted by molar-refractivity contribution is 5.85. The van der Waals surface area contributed by atoms with Gasteiger partial charge in [0.15, 0.2) is 5.69 Å². The predicted molar refractivity (Wildman–Crippen MR) is 97.9 cm³/mol. The largest absolute Gasteiger partial charge is 0.353 e. The number of hydrogen-bond donors (Lipinski definition) is 1. The Morgan fingerprint density at radius 2 is 1.77 bits per heavy atom. The summed E-state index contributed by atoms with van der Waals surface area (Å²) in [7, 11) is 0. The average Bonchev–Trinajstić information content (AvgIpc) is 3.04. The van der Waals surface area contributed by atoms with E-state index in [0.29, 0.717) is 22.4 Å². The summed E-state index contributed by atoms with van der Waals surface area (Å²) in [5, 5.41) is 0. The number of benzene rings is 2. The van der Waals surface area contributed by atoms with Crippen molar-refractivity contribution in [2.24, 2.45) is 0 Å². The van der Waals surface area contributed by atoms with Crippen LogP contribution in [0.1, 0.15) is 5.56 Å². The van der Waals surface area contributed by atoms with Crippen LogP contribution in [-0.2, 0) is 0 Å². The third kappa shape index (κ3) is 2.62. The number of aryl methyl sites for hydroxylation is 1. The van der Waals surface area contributed by atoms with Crippen molar-refractivity contribution in [1.29, 1.82) is 0 Å². The molecule has 26 heavy (non-hydrogen) atoms. The lowest BCUT2D eigenvalue weighted by atomic mass is 10.0. The minimum Gasteiger partial charge on any atom is -0.353 e. The Balaban J connectivity index is 1.83. The van der Waals surface area contributed by atoms with Crippen molar-refractivity contribution < 1.29 is 8.78 Å². The second-order valence-electron chi connectivity index (χ2n) is 6.02. The van der Waals surface area contributed by atoms with Crippen LogP contribution in [0.5, 0.6) is 0 Å². The molecule has 0 aliphatic rings. The molecule has 4 aromatic rings. The van der Waals surface area contributed by atoms with Crippen LogP contribution in [0.25, 0.3) is 38.4 Å². The zero-order valence-corrected chi connectivity index (χ0v) is 13.8. The van der Waals surface area contributed by atoms with Crippen molar-refractivity contribution in [2.75, 3.05) is 0 Å². The van der Waals surface area contributed by atoms with Crippen molar-refractivity contribution in [3.05, 3.63) is 83.2 Å². The molecule has 2 aromatic carbocycles. The Morgan fingerprint density at radius 3 is 2.46 bits per heavy atom. The topological polar surface area (TPSA) is 33.0 Å². The van der Waals surface area contributed by atoms with Gasteiger partial charge < -0.3 is 4.98 Å². The molecule has 5 heteroatoms. The van der Waals surface area contributed by atoms with Crippen LogP contribution in [0.2, 0.25) is 0 Å². The number of H-pyrrole nitrogens is 1. The van der Waals surface area contributed by atoms with E-state index in [2.05, 4.69) is 14.8 Å². The van der Waals surface area contributed by atoms with Gasteiger partial charge in [0.25, 0.3) is 0 Å². The van der Waals surface area contributed by atoms with Gasteiger partial charge in [0.05, 0.1) is 34.6 Å². The van der Waals surface area contributed by atoms with Gasteiger partial charge in [0, 0.05) is 5.56 Å². The lowest BCUT2D eigenvalue weighted by Gasteiger charge is -2.05. The van der Waals surface area contributed by atoms with Crippen molar-refractivity contribution in [1.82, 2.24) is 9.97 Å². The Bertz CT molecular complexity index is 1170. The first kappa shape index (κ1) is 16.0. The minimum absolute atomic E-state index is 0.0929.